The van der Waals surface area contributed by atoms with Crippen molar-refractivity contribution in [3.8, 4) is 0 Å². The van der Waals surface area contributed by atoms with E-state index in [1.165, 1.54) is 0 Å². The molecule has 11 nitrogen and oxygen atoms in total. The van der Waals surface area contributed by atoms with E-state index >= 15 is 0 Å². The molecule has 0 aliphatic rings. The quantitative estimate of drug-likeness (QED) is 0.196. The molecule has 148 valence electrons. The van der Waals surface area contributed by atoms with Crippen molar-refractivity contribution in [3.63, 3.8) is 0 Å². The summed E-state index contributed by atoms with van der Waals surface area (Å²) >= 11 is 0. The summed E-state index contributed by atoms with van der Waals surface area (Å²) in [4.78, 5) is 20.3. The van der Waals surface area contributed by atoms with Gasteiger partial charge in [-0.2, -0.15) is 0 Å². The van der Waals surface area contributed by atoms with E-state index in [1.807, 2.05) is 0 Å². The molecule has 0 radical (unpaired) electrons. The summed E-state index contributed by atoms with van der Waals surface area (Å²) in [5.41, 5.74) is 0. The van der Waals surface area contributed by atoms with Gasteiger partial charge < -0.3 is 45.1 Å². The minimum atomic E-state index is -1.06. The van der Waals surface area contributed by atoms with E-state index in [0.717, 1.165) is 0 Å². The molecule has 0 aromatic carbocycles. The van der Waals surface area contributed by atoms with Crippen LogP contribution in [0.2, 0.25) is 0 Å². The second kappa shape index (κ2) is 18.7. The van der Waals surface area contributed by atoms with Gasteiger partial charge in [-0.1, -0.05) is 0 Å². The van der Waals surface area contributed by atoms with Gasteiger partial charge in [-0.25, -0.2) is 9.59 Å². The van der Waals surface area contributed by atoms with E-state index in [2.05, 4.69) is 16.0 Å². The fourth-order valence-corrected chi connectivity index (χ4v) is 1.52. The number of carboxylic acid groups (broad SMARTS) is 2. The van der Waals surface area contributed by atoms with Crippen LogP contribution in [-0.4, -0.2) is 101 Å². The van der Waals surface area contributed by atoms with Gasteiger partial charge in [0.1, 0.15) is 0 Å². The molecule has 0 spiro atoms. The number of ether oxygens (including phenoxy) is 4. The number of nitrogens with one attached hydrogen (secondary N) is 3. The summed E-state index contributed by atoms with van der Waals surface area (Å²) in [6, 6.07) is 0. The number of carbonyl (C=O) groups is 2. The highest BCUT2D eigenvalue weighted by Gasteiger charge is 1.95. The third-order valence-electron chi connectivity index (χ3n) is 2.64. The predicted molar refractivity (Wildman–Crippen MR) is 88.2 cm³/mol. The Bertz CT molecular complexity index is 303. The van der Waals surface area contributed by atoms with Gasteiger partial charge >= 0.3 is 12.2 Å². The van der Waals surface area contributed by atoms with E-state index < -0.39 is 12.2 Å². The van der Waals surface area contributed by atoms with Gasteiger partial charge in [-0.3, -0.25) is 0 Å². The summed E-state index contributed by atoms with van der Waals surface area (Å²) in [6.45, 7) is 5.44. The van der Waals surface area contributed by atoms with Gasteiger partial charge in [-0.05, 0) is 0 Å². The topological polar surface area (TPSA) is 148 Å². The SMILES string of the molecule is O=C(O)NCCOCCOCCNCCOCCOCCNC(=O)O. The molecule has 0 bridgehead atoms. The molecule has 2 amide bonds. The van der Waals surface area contributed by atoms with Crippen LogP contribution < -0.4 is 16.0 Å². The van der Waals surface area contributed by atoms with E-state index in [-0.39, 0.29) is 13.1 Å². The minimum absolute atomic E-state index is 0.265. The highest BCUT2D eigenvalue weighted by Crippen LogP contribution is 1.80. The van der Waals surface area contributed by atoms with Crippen LogP contribution in [0.5, 0.6) is 0 Å². The Morgan fingerprint density at radius 3 is 1.20 bits per heavy atom. The molecule has 0 heterocycles. The first kappa shape index (κ1) is 23.3. The van der Waals surface area contributed by atoms with Crippen molar-refractivity contribution in [2.24, 2.45) is 0 Å². The summed E-state index contributed by atoms with van der Waals surface area (Å²) in [5, 5.41) is 24.2. The van der Waals surface area contributed by atoms with Crippen molar-refractivity contribution in [2.45, 2.75) is 0 Å². The molecule has 0 aromatic heterocycles. The highest BCUT2D eigenvalue weighted by molar-refractivity contribution is 5.64. The molecule has 0 unspecified atom stereocenters. The zero-order valence-electron chi connectivity index (χ0n) is 14.3. The molecular formula is C14H29N3O8. The molecule has 11 heteroatoms. The van der Waals surface area contributed by atoms with Gasteiger partial charge in [0.25, 0.3) is 0 Å². The second-order valence-corrected chi connectivity index (χ2v) is 4.66. The standard InChI is InChI=1S/C14H29N3O8/c18-13(19)16-3-7-24-11-9-22-5-1-15-2-6-23-10-12-25-8-4-17-14(20)21/h15-17H,1-12H2,(H,18,19)(H,20,21). The van der Waals surface area contributed by atoms with Crippen molar-refractivity contribution < 1.29 is 38.7 Å². The van der Waals surface area contributed by atoms with Gasteiger partial charge in [0, 0.05) is 26.2 Å². The maximum atomic E-state index is 10.2. The average Bonchev–Trinajstić information content (AvgIpc) is 2.56. The molecule has 0 atom stereocenters. The van der Waals surface area contributed by atoms with Gasteiger partial charge in [0.05, 0.1) is 52.9 Å². The van der Waals surface area contributed by atoms with Crippen LogP contribution in [0.15, 0.2) is 0 Å². The zero-order chi connectivity index (χ0) is 18.6. The van der Waals surface area contributed by atoms with Crippen LogP contribution >= 0.6 is 0 Å². The maximum Gasteiger partial charge on any atom is 0.404 e. The zero-order valence-corrected chi connectivity index (χ0v) is 14.3. The van der Waals surface area contributed by atoms with Gasteiger partial charge in [0.2, 0.25) is 0 Å². The first-order valence-electron chi connectivity index (χ1n) is 8.08. The third-order valence-corrected chi connectivity index (χ3v) is 2.64. The average molecular weight is 367 g/mol. The van der Waals surface area contributed by atoms with Crippen molar-refractivity contribution in [3.05, 3.63) is 0 Å². The Morgan fingerprint density at radius 2 is 0.880 bits per heavy atom. The Balaban J connectivity index is 3.00. The fraction of sp³-hybridized carbons (Fsp3) is 0.857. The Labute approximate surface area is 146 Å². The van der Waals surface area contributed by atoms with Crippen molar-refractivity contribution in [2.75, 3.05) is 79.0 Å². The Morgan fingerprint density at radius 1 is 0.560 bits per heavy atom. The third kappa shape index (κ3) is 22.3. The summed E-state index contributed by atoms with van der Waals surface area (Å²) in [5.74, 6) is 0. The number of rotatable bonds is 18. The summed E-state index contributed by atoms with van der Waals surface area (Å²) in [6.07, 6.45) is -2.12. The lowest BCUT2D eigenvalue weighted by Crippen LogP contribution is -2.27. The van der Waals surface area contributed by atoms with Crippen LogP contribution in [0, 0.1) is 0 Å². The smallest absolute Gasteiger partial charge is 0.404 e. The second-order valence-electron chi connectivity index (χ2n) is 4.66. The Kier molecular flexibility index (Phi) is 17.4. The monoisotopic (exact) mass is 367 g/mol. The summed E-state index contributed by atoms with van der Waals surface area (Å²) < 4.78 is 21.0. The molecular weight excluding hydrogens is 338 g/mol. The van der Waals surface area contributed by atoms with Crippen LogP contribution in [0.25, 0.3) is 0 Å². The predicted octanol–water partition coefficient (Wildman–Crippen LogP) is -0.822. The van der Waals surface area contributed by atoms with E-state index in [9.17, 15) is 9.59 Å². The number of amides is 2. The van der Waals surface area contributed by atoms with Gasteiger partial charge in [0.15, 0.2) is 0 Å². The first-order valence-corrected chi connectivity index (χ1v) is 8.08. The lowest BCUT2D eigenvalue weighted by molar-refractivity contribution is 0.0439. The molecule has 5 N–H and O–H groups in total. The van der Waals surface area contributed by atoms with Crippen molar-refractivity contribution >= 4 is 12.2 Å². The van der Waals surface area contributed by atoms with Gasteiger partial charge in [-0.15, -0.1) is 0 Å². The molecule has 0 rings (SSSR count). The molecule has 0 saturated heterocycles. The van der Waals surface area contributed by atoms with Crippen molar-refractivity contribution in [1.82, 2.24) is 16.0 Å². The molecule has 0 fully saturated rings. The molecule has 0 saturated carbocycles. The van der Waals surface area contributed by atoms with E-state index in [0.29, 0.717) is 65.9 Å². The lowest BCUT2D eigenvalue weighted by atomic mass is 10.6. The Hall–Kier alpha value is -1.66. The highest BCUT2D eigenvalue weighted by atomic mass is 16.5. The van der Waals surface area contributed by atoms with Crippen LogP contribution in [0.1, 0.15) is 0 Å². The molecule has 0 aliphatic carbocycles. The minimum Gasteiger partial charge on any atom is -0.465 e. The van der Waals surface area contributed by atoms with Crippen molar-refractivity contribution in [1.29, 1.82) is 0 Å². The first-order chi connectivity index (χ1) is 12.1. The molecule has 0 aliphatic heterocycles. The molecule has 25 heavy (non-hydrogen) atoms. The van der Waals surface area contributed by atoms with Crippen LogP contribution in [-0.2, 0) is 18.9 Å². The number of hydrogen-bond acceptors (Lipinski definition) is 7. The summed E-state index contributed by atoms with van der Waals surface area (Å²) in [7, 11) is 0. The lowest BCUT2D eigenvalue weighted by Gasteiger charge is -2.08. The van der Waals surface area contributed by atoms with E-state index in [4.69, 9.17) is 29.2 Å². The fourth-order valence-electron chi connectivity index (χ4n) is 1.52. The number of hydrogen-bond donors (Lipinski definition) is 5. The van der Waals surface area contributed by atoms with Crippen LogP contribution in [0.4, 0.5) is 9.59 Å². The van der Waals surface area contributed by atoms with E-state index in [1.54, 1.807) is 0 Å². The molecule has 0 aromatic rings. The largest absolute Gasteiger partial charge is 0.465 e. The normalized spacial score (nSPS) is 10.6. The van der Waals surface area contributed by atoms with Crippen LogP contribution in [0.3, 0.4) is 0 Å². The maximum absolute atomic E-state index is 10.2.